The van der Waals surface area contributed by atoms with E-state index >= 15 is 0 Å². The van der Waals surface area contributed by atoms with E-state index in [4.69, 9.17) is 4.74 Å². The standard InChI is InChI=1S/C19H21N3O2/c1-2-11-20-19(23)15-8-9-17(21-13-15)22-16-10-12-24-18(16)14-6-4-3-5-7-14/h2-9,13,16,18H,1,10-12H2,(H,20,23)(H,21,22)/t16-,18-/m0/s1. The van der Waals surface area contributed by atoms with E-state index in [0.717, 1.165) is 24.4 Å². The molecule has 2 atom stereocenters. The van der Waals surface area contributed by atoms with Crippen molar-refractivity contribution in [3.05, 3.63) is 72.4 Å². The number of carbonyl (C=O) groups is 1. The maximum Gasteiger partial charge on any atom is 0.253 e. The molecule has 1 amide bonds. The maximum absolute atomic E-state index is 11.9. The van der Waals surface area contributed by atoms with Gasteiger partial charge in [-0.3, -0.25) is 4.79 Å². The van der Waals surface area contributed by atoms with Crippen LogP contribution in [-0.4, -0.2) is 30.1 Å². The third-order valence-corrected chi connectivity index (χ3v) is 3.99. The predicted octanol–water partition coefficient (Wildman–Crippen LogP) is 2.94. The molecule has 1 fully saturated rings. The molecule has 0 bridgehead atoms. The molecule has 0 spiro atoms. The van der Waals surface area contributed by atoms with Gasteiger partial charge in [-0.25, -0.2) is 4.98 Å². The number of aromatic nitrogens is 1. The lowest BCUT2D eigenvalue weighted by Crippen LogP contribution is -2.25. The smallest absolute Gasteiger partial charge is 0.253 e. The number of rotatable bonds is 6. The van der Waals surface area contributed by atoms with Crippen LogP contribution in [0.5, 0.6) is 0 Å². The molecule has 1 aliphatic heterocycles. The van der Waals surface area contributed by atoms with Crippen molar-refractivity contribution in [1.82, 2.24) is 10.3 Å². The number of amides is 1. The van der Waals surface area contributed by atoms with Crippen LogP contribution in [0.4, 0.5) is 5.82 Å². The Hall–Kier alpha value is -2.66. The van der Waals surface area contributed by atoms with Gasteiger partial charge in [0.15, 0.2) is 0 Å². The van der Waals surface area contributed by atoms with Gasteiger partial charge in [-0.1, -0.05) is 36.4 Å². The first-order valence-electron chi connectivity index (χ1n) is 8.06. The van der Waals surface area contributed by atoms with Crippen LogP contribution in [0, 0.1) is 0 Å². The highest BCUT2D eigenvalue weighted by atomic mass is 16.5. The molecule has 5 nitrogen and oxygen atoms in total. The van der Waals surface area contributed by atoms with Gasteiger partial charge < -0.3 is 15.4 Å². The van der Waals surface area contributed by atoms with E-state index in [2.05, 4.69) is 34.3 Å². The highest BCUT2D eigenvalue weighted by Gasteiger charge is 2.29. The third kappa shape index (κ3) is 3.81. The minimum Gasteiger partial charge on any atom is -0.371 e. The Balaban J connectivity index is 1.65. The number of pyridine rings is 1. The highest BCUT2D eigenvalue weighted by molar-refractivity contribution is 5.94. The SMILES string of the molecule is C=CCNC(=O)c1ccc(N[C@H]2CCO[C@H]2c2ccccc2)nc1. The van der Waals surface area contributed by atoms with Crippen molar-refractivity contribution in [2.24, 2.45) is 0 Å². The van der Waals surface area contributed by atoms with Crippen molar-refractivity contribution in [1.29, 1.82) is 0 Å². The van der Waals surface area contributed by atoms with Gasteiger partial charge in [-0.05, 0) is 24.1 Å². The van der Waals surface area contributed by atoms with Gasteiger partial charge in [-0.15, -0.1) is 6.58 Å². The normalized spacial score (nSPS) is 19.7. The van der Waals surface area contributed by atoms with E-state index in [9.17, 15) is 4.79 Å². The van der Waals surface area contributed by atoms with Crippen LogP contribution in [-0.2, 0) is 4.74 Å². The van der Waals surface area contributed by atoms with E-state index < -0.39 is 0 Å². The van der Waals surface area contributed by atoms with Gasteiger partial charge in [-0.2, -0.15) is 0 Å². The molecular weight excluding hydrogens is 302 g/mol. The number of benzene rings is 1. The molecule has 0 unspecified atom stereocenters. The number of carbonyl (C=O) groups excluding carboxylic acids is 1. The monoisotopic (exact) mass is 323 g/mol. The molecule has 5 heteroatoms. The molecule has 2 aromatic rings. The predicted molar refractivity (Wildman–Crippen MR) is 93.9 cm³/mol. The summed E-state index contributed by atoms with van der Waals surface area (Å²) < 4.78 is 5.87. The zero-order valence-electron chi connectivity index (χ0n) is 13.4. The van der Waals surface area contributed by atoms with Crippen molar-refractivity contribution in [3.8, 4) is 0 Å². The number of hydrogen-bond donors (Lipinski definition) is 2. The minimum atomic E-state index is -0.152. The molecule has 124 valence electrons. The fourth-order valence-electron chi connectivity index (χ4n) is 2.78. The quantitative estimate of drug-likeness (QED) is 0.802. The molecular formula is C19H21N3O2. The van der Waals surface area contributed by atoms with E-state index in [1.807, 2.05) is 24.3 Å². The average Bonchev–Trinajstić information content (AvgIpc) is 3.09. The summed E-state index contributed by atoms with van der Waals surface area (Å²) in [6, 6.07) is 13.9. The number of hydrogen-bond acceptors (Lipinski definition) is 4. The number of ether oxygens (including phenoxy) is 1. The number of anilines is 1. The zero-order chi connectivity index (χ0) is 16.8. The fraction of sp³-hybridized carbons (Fsp3) is 0.263. The van der Waals surface area contributed by atoms with Gasteiger partial charge in [0.05, 0.1) is 11.6 Å². The first-order chi connectivity index (χ1) is 11.8. The van der Waals surface area contributed by atoms with E-state index in [-0.39, 0.29) is 18.1 Å². The highest BCUT2D eigenvalue weighted by Crippen LogP contribution is 2.30. The van der Waals surface area contributed by atoms with E-state index in [1.165, 1.54) is 0 Å². The van der Waals surface area contributed by atoms with Crippen molar-refractivity contribution in [3.63, 3.8) is 0 Å². The zero-order valence-corrected chi connectivity index (χ0v) is 13.4. The molecule has 1 aromatic heterocycles. The molecule has 1 aromatic carbocycles. The summed E-state index contributed by atoms with van der Waals surface area (Å²) in [5.41, 5.74) is 1.69. The Morgan fingerprint density at radius 3 is 2.83 bits per heavy atom. The maximum atomic E-state index is 11.9. The molecule has 2 heterocycles. The lowest BCUT2D eigenvalue weighted by molar-refractivity contribution is 0.0957. The van der Waals surface area contributed by atoms with Crippen LogP contribution >= 0.6 is 0 Å². The second-order valence-electron chi connectivity index (χ2n) is 5.67. The largest absolute Gasteiger partial charge is 0.371 e. The van der Waals surface area contributed by atoms with Crippen molar-refractivity contribution in [2.45, 2.75) is 18.6 Å². The fourth-order valence-corrected chi connectivity index (χ4v) is 2.78. The Kier molecular flexibility index (Phi) is 5.23. The van der Waals surface area contributed by atoms with Gasteiger partial charge in [0, 0.05) is 19.3 Å². The molecule has 0 saturated carbocycles. The van der Waals surface area contributed by atoms with Crippen molar-refractivity contribution in [2.75, 3.05) is 18.5 Å². The Morgan fingerprint density at radius 1 is 1.29 bits per heavy atom. The first kappa shape index (κ1) is 16.2. The van der Waals surface area contributed by atoms with Gasteiger partial charge in [0.1, 0.15) is 11.9 Å². The molecule has 24 heavy (non-hydrogen) atoms. The Morgan fingerprint density at radius 2 is 2.12 bits per heavy atom. The summed E-state index contributed by atoms with van der Waals surface area (Å²) in [5, 5.41) is 6.15. The second-order valence-corrected chi connectivity index (χ2v) is 5.67. The first-order valence-corrected chi connectivity index (χ1v) is 8.06. The summed E-state index contributed by atoms with van der Waals surface area (Å²) in [4.78, 5) is 16.2. The van der Waals surface area contributed by atoms with E-state index in [1.54, 1.807) is 18.3 Å². The molecule has 1 aliphatic rings. The molecule has 2 N–H and O–H groups in total. The second kappa shape index (κ2) is 7.75. The minimum absolute atomic E-state index is 0.0172. The number of nitrogens with zero attached hydrogens (tertiary/aromatic N) is 1. The summed E-state index contributed by atoms with van der Waals surface area (Å²) in [6.07, 6.45) is 4.16. The van der Waals surface area contributed by atoms with Crippen LogP contribution in [0.2, 0.25) is 0 Å². The Bertz CT molecular complexity index is 686. The summed E-state index contributed by atoms with van der Waals surface area (Å²) in [6.45, 7) is 4.74. The number of nitrogens with one attached hydrogen (secondary N) is 2. The van der Waals surface area contributed by atoms with Crippen molar-refractivity contribution >= 4 is 11.7 Å². The Labute approximate surface area is 141 Å². The summed E-state index contributed by atoms with van der Waals surface area (Å²) in [5.74, 6) is 0.590. The molecule has 0 aliphatic carbocycles. The van der Waals surface area contributed by atoms with Gasteiger partial charge in [0.25, 0.3) is 5.91 Å². The van der Waals surface area contributed by atoms with Gasteiger partial charge >= 0.3 is 0 Å². The lowest BCUT2D eigenvalue weighted by atomic mass is 10.0. The van der Waals surface area contributed by atoms with Crippen LogP contribution < -0.4 is 10.6 Å². The van der Waals surface area contributed by atoms with Crippen LogP contribution in [0.1, 0.15) is 28.4 Å². The summed E-state index contributed by atoms with van der Waals surface area (Å²) >= 11 is 0. The average molecular weight is 323 g/mol. The van der Waals surface area contributed by atoms with E-state index in [0.29, 0.717) is 12.1 Å². The summed E-state index contributed by atoms with van der Waals surface area (Å²) in [7, 11) is 0. The molecule has 0 radical (unpaired) electrons. The molecule has 3 rings (SSSR count). The van der Waals surface area contributed by atoms with Crippen LogP contribution in [0.25, 0.3) is 0 Å². The lowest BCUT2D eigenvalue weighted by Gasteiger charge is -2.20. The molecule has 1 saturated heterocycles. The third-order valence-electron chi connectivity index (χ3n) is 3.99. The van der Waals surface area contributed by atoms with Crippen LogP contribution in [0.15, 0.2) is 61.3 Å². The topological polar surface area (TPSA) is 63.2 Å². The van der Waals surface area contributed by atoms with Gasteiger partial charge in [0.2, 0.25) is 0 Å². The van der Waals surface area contributed by atoms with Crippen molar-refractivity contribution < 1.29 is 9.53 Å². The van der Waals surface area contributed by atoms with Crippen LogP contribution in [0.3, 0.4) is 0 Å².